The summed E-state index contributed by atoms with van der Waals surface area (Å²) >= 11 is 0. The van der Waals surface area contributed by atoms with E-state index in [4.69, 9.17) is 18.6 Å². The maximum atomic E-state index is 13.1. The van der Waals surface area contributed by atoms with Gasteiger partial charge >= 0.3 is 6.09 Å². The SMILES string of the molecule is COCOc1cc(-c2ccc(C)o2)ccc1-c1ccc(N2CCC(N(C(=O)OC(C)(C)C)C3CCC3)C2)nn1. The predicted molar refractivity (Wildman–Crippen MR) is 149 cm³/mol. The number of carbonyl (C=O) groups excluding carboxylic acids is 1. The standard InChI is InChI=1S/C30H38N4O5/c1-20-9-13-26(38-20)21-10-11-24(27(17-21)37-19-36-5)25-12-14-28(32-31-25)33-16-15-23(18-33)34(22-7-6-8-22)29(35)39-30(2,3)4/h9-14,17,22-23H,6-8,15-16,18-19H2,1-5H3. The van der Waals surface area contributed by atoms with Crippen molar-refractivity contribution in [3.63, 3.8) is 0 Å². The molecular weight excluding hydrogens is 496 g/mol. The van der Waals surface area contributed by atoms with Crippen molar-refractivity contribution in [2.75, 3.05) is 31.9 Å². The summed E-state index contributed by atoms with van der Waals surface area (Å²) < 4.78 is 22.6. The van der Waals surface area contributed by atoms with Crippen molar-refractivity contribution < 1.29 is 23.4 Å². The molecule has 1 aliphatic carbocycles. The number of nitrogens with zero attached hydrogens (tertiary/aromatic N) is 4. The van der Waals surface area contributed by atoms with Gasteiger partial charge < -0.3 is 28.4 Å². The molecule has 1 unspecified atom stereocenters. The molecule has 0 radical (unpaired) electrons. The molecule has 3 aromatic rings. The fourth-order valence-corrected chi connectivity index (χ4v) is 5.11. The average molecular weight is 535 g/mol. The highest BCUT2D eigenvalue weighted by Gasteiger charge is 2.40. The van der Waals surface area contributed by atoms with Crippen molar-refractivity contribution in [2.45, 2.75) is 71.1 Å². The molecule has 9 nitrogen and oxygen atoms in total. The van der Waals surface area contributed by atoms with Crippen molar-refractivity contribution in [1.29, 1.82) is 0 Å². The quantitative estimate of drug-likeness (QED) is 0.322. The Bertz CT molecular complexity index is 1280. The number of ether oxygens (including phenoxy) is 3. The van der Waals surface area contributed by atoms with Crippen LogP contribution in [0.1, 0.15) is 52.2 Å². The lowest BCUT2D eigenvalue weighted by Crippen LogP contribution is -2.52. The van der Waals surface area contributed by atoms with Gasteiger partial charge in [0.05, 0.1) is 11.7 Å². The van der Waals surface area contributed by atoms with Crippen LogP contribution in [-0.4, -0.2) is 65.9 Å². The van der Waals surface area contributed by atoms with Crippen molar-refractivity contribution in [3.8, 4) is 28.3 Å². The molecule has 3 heterocycles. The van der Waals surface area contributed by atoms with Crippen molar-refractivity contribution in [3.05, 3.63) is 48.2 Å². The van der Waals surface area contributed by atoms with Crippen LogP contribution >= 0.6 is 0 Å². The van der Waals surface area contributed by atoms with Crippen LogP contribution in [-0.2, 0) is 9.47 Å². The van der Waals surface area contributed by atoms with Gasteiger partial charge in [0.15, 0.2) is 12.6 Å². The fourth-order valence-electron chi connectivity index (χ4n) is 5.11. The fraction of sp³-hybridized carbons (Fsp3) is 0.500. The van der Waals surface area contributed by atoms with E-state index in [1.807, 2.05) is 75.1 Å². The normalized spacial score (nSPS) is 17.7. The summed E-state index contributed by atoms with van der Waals surface area (Å²) in [5, 5.41) is 9.10. The zero-order valence-corrected chi connectivity index (χ0v) is 23.5. The van der Waals surface area contributed by atoms with Gasteiger partial charge in [0.1, 0.15) is 22.9 Å². The summed E-state index contributed by atoms with van der Waals surface area (Å²) in [7, 11) is 1.59. The smallest absolute Gasteiger partial charge is 0.410 e. The number of methoxy groups -OCH3 is 1. The maximum absolute atomic E-state index is 13.1. The predicted octanol–water partition coefficient (Wildman–Crippen LogP) is 6.06. The molecule has 1 atom stereocenters. The highest BCUT2D eigenvalue weighted by atomic mass is 16.7. The lowest BCUT2D eigenvalue weighted by Gasteiger charge is -2.41. The number of amides is 1. The molecule has 1 saturated carbocycles. The molecule has 5 rings (SSSR count). The van der Waals surface area contributed by atoms with E-state index in [-0.39, 0.29) is 25.0 Å². The first-order valence-corrected chi connectivity index (χ1v) is 13.6. The van der Waals surface area contributed by atoms with Crippen LogP contribution in [0.2, 0.25) is 0 Å². The largest absolute Gasteiger partial charge is 0.467 e. The average Bonchev–Trinajstić information content (AvgIpc) is 3.53. The second kappa shape index (κ2) is 11.3. The van der Waals surface area contributed by atoms with Gasteiger partial charge in [-0.3, -0.25) is 0 Å². The Balaban J connectivity index is 1.32. The molecule has 2 fully saturated rings. The van der Waals surface area contributed by atoms with E-state index in [0.717, 1.165) is 60.7 Å². The Morgan fingerprint density at radius 3 is 2.51 bits per heavy atom. The molecule has 1 aromatic carbocycles. The number of benzene rings is 1. The molecular formula is C30H38N4O5. The molecule has 39 heavy (non-hydrogen) atoms. The molecule has 1 saturated heterocycles. The van der Waals surface area contributed by atoms with Gasteiger partial charge in [0.25, 0.3) is 0 Å². The Morgan fingerprint density at radius 2 is 1.90 bits per heavy atom. The van der Waals surface area contributed by atoms with Gasteiger partial charge in [-0.25, -0.2) is 4.79 Å². The monoisotopic (exact) mass is 534 g/mol. The third-order valence-electron chi connectivity index (χ3n) is 7.22. The van der Waals surface area contributed by atoms with Gasteiger partial charge in [-0.1, -0.05) is 6.07 Å². The van der Waals surface area contributed by atoms with Gasteiger partial charge in [0, 0.05) is 37.4 Å². The van der Waals surface area contributed by atoms with Crippen molar-refractivity contribution >= 4 is 11.9 Å². The highest BCUT2D eigenvalue weighted by molar-refractivity contribution is 5.73. The minimum absolute atomic E-state index is 0.0958. The first kappa shape index (κ1) is 27.0. The Hall–Kier alpha value is -3.59. The Kier molecular flexibility index (Phi) is 7.79. The van der Waals surface area contributed by atoms with E-state index in [1.165, 1.54) is 0 Å². The molecule has 9 heteroatoms. The van der Waals surface area contributed by atoms with E-state index in [9.17, 15) is 4.79 Å². The van der Waals surface area contributed by atoms with Crippen LogP contribution in [0.5, 0.6) is 5.75 Å². The number of aromatic nitrogens is 2. The van der Waals surface area contributed by atoms with Gasteiger partial charge in [-0.05, 0) is 89.8 Å². The van der Waals surface area contributed by atoms with E-state index in [1.54, 1.807) is 7.11 Å². The number of aryl methyl sites for hydroxylation is 1. The molecule has 0 spiro atoms. The van der Waals surface area contributed by atoms with Gasteiger partial charge in [0.2, 0.25) is 0 Å². The first-order valence-electron chi connectivity index (χ1n) is 13.6. The zero-order valence-electron chi connectivity index (χ0n) is 23.5. The first-order chi connectivity index (χ1) is 18.7. The minimum Gasteiger partial charge on any atom is -0.467 e. The lowest BCUT2D eigenvalue weighted by molar-refractivity contribution is -0.00351. The van der Waals surface area contributed by atoms with Gasteiger partial charge in [-0.15, -0.1) is 10.2 Å². The van der Waals surface area contributed by atoms with Crippen LogP contribution < -0.4 is 9.64 Å². The summed E-state index contributed by atoms with van der Waals surface area (Å²) in [5.74, 6) is 3.05. The molecule has 1 aliphatic heterocycles. The van der Waals surface area contributed by atoms with Crippen molar-refractivity contribution in [1.82, 2.24) is 15.1 Å². The van der Waals surface area contributed by atoms with Crippen LogP contribution in [0, 0.1) is 6.92 Å². The van der Waals surface area contributed by atoms with E-state index in [2.05, 4.69) is 15.1 Å². The third-order valence-corrected chi connectivity index (χ3v) is 7.22. The number of carbonyl (C=O) groups is 1. The van der Waals surface area contributed by atoms with E-state index >= 15 is 0 Å². The molecule has 1 amide bonds. The topological polar surface area (TPSA) is 90.2 Å². The number of anilines is 1. The summed E-state index contributed by atoms with van der Waals surface area (Å²) in [4.78, 5) is 17.3. The van der Waals surface area contributed by atoms with E-state index in [0.29, 0.717) is 18.0 Å². The summed E-state index contributed by atoms with van der Waals surface area (Å²) in [6.07, 6.45) is 3.90. The Morgan fingerprint density at radius 1 is 1.08 bits per heavy atom. The summed E-state index contributed by atoms with van der Waals surface area (Å²) in [5.41, 5.74) is 1.91. The van der Waals surface area contributed by atoms with Crippen LogP contribution in [0.25, 0.3) is 22.6 Å². The van der Waals surface area contributed by atoms with Gasteiger partial charge in [-0.2, -0.15) is 0 Å². The summed E-state index contributed by atoms with van der Waals surface area (Å²) in [6.45, 7) is 9.30. The second-order valence-corrected chi connectivity index (χ2v) is 11.3. The molecule has 208 valence electrons. The minimum atomic E-state index is -0.514. The van der Waals surface area contributed by atoms with Crippen LogP contribution in [0.15, 0.2) is 46.9 Å². The van der Waals surface area contributed by atoms with Crippen LogP contribution in [0.3, 0.4) is 0 Å². The van der Waals surface area contributed by atoms with Crippen molar-refractivity contribution in [2.24, 2.45) is 0 Å². The number of hydrogen-bond acceptors (Lipinski definition) is 8. The second-order valence-electron chi connectivity index (χ2n) is 11.3. The molecule has 2 aromatic heterocycles. The van der Waals surface area contributed by atoms with Crippen LogP contribution in [0.4, 0.5) is 10.6 Å². The molecule has 0 bridgehead atoms. The third kappa shape index (κ3) is 6.19. The molecule has 0 N–H and O–H groups in total. The Labute approximate surface area is 230 Å². The number of furan rings is 1. The highest BCUT2D eigenvalue weighted by Crippen LogP contribution is 2.35. The number of hydrogen-bond donors (Lipinski definition) is 0. The maximum Gasteiger partial charge on any atom is 0.410 e. The number of rotatable bonds is 8. The lowest BCUT2D eigenvalue weighted by atomic mass is 9.90. The zero-order chi connectivity index (χ0) is 27.6. The molecule has 2 aliphatic rings. The summed E-state index contributed by atoms with van der Waals surface area (Å²) in [6, 6.07) is 14.1. The van der Waals surface area contributed by atoms with E-state index < -0.39 is 5.60 Å².